The Labute approximate surface area is 103 Å². The summed E-state index contributed by atoms with van der Waals surface area (Å²) in [5, 5.41) is 8.19. The number of para-hydroxylation sites is 1. The molecule has 92 valence electrons. The number of rotatable bonds is 3. The number of nitrogens with zero attached hydrogens (tertiary/aromatic N) is 1. The number of carbonyl (C=O) groups is 1. The van der Waals surface area contributed by atoms with Crippen LogP contribution in [-0.4, -0.2) is 25.2 Å². The Hall–Kier alpha value is -2.03. The third kappa shape index (κ3) is 6.20. The van der Waals surface area contributed by atoms with Crippen molar-refractivity contribution in [3.8, 4) is 0 Å². The van der Waals surface area contributed by atoms with Crippen molar-refractivity contribution in [2.24, 2.45) is 0 Å². The zero-order valence-electron chi connectivity index (χ0n) is 10.6. The molecule has 1 rings (SSSR count). The lowest BCUT2D eigenvalue weighted by Crippen LogP contribution is -2.07. The Balaban J connectivity index is 0.000000304. The zero-order chi connectivity index (χ0) is 13.4. The van der Waals surface area contributed by atoms with Gasteiger partial charge in [0.1, 0.15) is 0 Å². The van der Waals surface area contributed by atoms with Gasteiger partial charge >= 0.3 is 5.97 Å². The maximum absolute atomic E-state index is 9.98. The number of carboxylic acids is 1. The third-order valence-corrected chi connectivity index (χ3v) is 2.05. The molecule has 0 saturated heterocycles. The van der Waals surface area contributed by atoms with Gasteiger partial charge in [0.05, 0.1) is 5.57 Å². The Morgan fingerprint density at radius 2 is 1.65 bits per heavy atom. The average Bonchev–Trinajstić information content (AvgIpc) is 2.29. The fourth-order valence-corrected chi connectivity index (χ4v) is 0.909. The van der Waals surface area contributed by atoms with E-state index in [0.717, 1.165) is 0 Å². The quantitative estimate of drug-likeness (QED) is 0.644. The summed E-state index contributed by atoms with van der Waals surface area (Å²) in [6, 6.07) is 10.3. The van der Waals surface area contributed by atoms with Crippen molar-refractivity contribution in [1.82, 2.24) is 0 Å². The van der Waals surface area contributed by atoms with Crippen LogP contribution < -0.4 is 4.90 Å². The molecule has 0 amide bonds. The first-order valence-electron chi connectivity index (χ1n) is 5.16. The summed E-state index contributed by atoms with van der Waals surface area (Å²) >= 11 is 0. The maximum Gasteiger partial charge on any atom is 0.335 e. The van der Waals surface area contributed by atoms with Gasteiger partial charge in [-0.3, -0.25) is 0 Å². The molecule has 0 saturated carbocycles. The van der Waals surface area contributed by atoms with Gasteiger partial charge in [-0.05, 0) is 24.6 Å². The smallest absolute Gasteiger partial charge is 0.335 e. The maximum atomic E-state index is 9.98. The Morgan fingerprint density at radius 1 is 1.18 bits per heavy atom. The van der Waals surface area contributed by atoms with Crippen LogP contribution in [0.1, 0.15) is 6.92 Å². The molecule has 0 bridgehead atoms. The van der Waals surface area contributed by atoms with E-state index in [2.05, 4.69) is 30.2 Å². The van der Waals surface area contributed by atoms with Crippen LogP contribution in [0.15, 0.2) is 54.6 Å². The van der Waals surface area contributed by atoms with Gasteiger partial charge < -0.3 is 10.0 Å². The first-order valence-corrected chi connectivity index (χ1v) is 5.16. The van der Waals surface area contributed by atoms with Crippen LogP contribution in [0.5, 0.6) is 0 Å². The van der Waals surface area contributed by atoms with E-state index >= 15 is 0 Å². The van der Waals surface area contributed by atoms with Crippen molar-refractivity contribution < 1.29 is 9.90 Å². The molecule has 1 aromatic rings. The number of aliphatic carboxylic acids is 1. The van der Waals surface area contributed by atoms with E-state index in [1.165, 1.54) is 5.69 Å². The highest BCUT2D eigenvalue weighted by atomic mass is 16.4. The third-order valence-electron chi connectivity index (χ3n) is 2.05. The molecule has 0 radical (unpaired) electrons. The number of hydrogen-bond donors (Lipinski definition) is 1. The predicted molar refractivity (Wildman–Crippen MR) is 72.4 cm³/mol. The summed E-state index contributed by atoms with van der Waals surface area (Å²) in [5.74, 6) is -1.00. The second kappa shape index (κ2) is 7.28. The minimum absolute atomic E-state index is 0.0741. The van der Waals surface area contributed by atoms with Gasteiger partial charge in [-0.1, -0.05) is 31.4 Å². The number of benzene rings is 1. The standard InChI is InChI=1S/C8H11N.C6H8O2/c1-9(2)8-6-4-3-5-7-8;1-4(2)5(3)6(7)8/h3-7H,1-2H3;1,3H2,2H3,(H,7,8). The lowest BCUT2D eigenvalue weighted by Gasteiger charge is -2.10. The molecule has 0 unspecified atom stereocenters. The van der Waals surface area contributed by atoms with Crippen molar-refractivity contribution in [1.29, 1.82) is 0 Å². The minimum atomic E-state index is -1.00. The predicted octanol–water partition coefficient (Wildman–Crippen LogP) is 2.96. The molecule has 0 spiro atoms. The molecule has 3 heteroatoms. The first-order chi connectivity index (χ1) is 7.86. The topological polar surface area (TPSA) is 40.5 Å². The summed E-state index contributed by atoms with van der Waals surface area (Å²) in [4.78, 5) is 12.1. The van der Waals surface area contributed by atoms with Gasteiger partial charge in [0.25, 0.3) is 0 Å². The summed E-state index contributed by atoms with van der Waals surface area (Å²) in [6.07, 6.45) is 0. The average molecular weight is 233 g/mol. The number of hydrogen-bond acceptors (Lipinski definition) is 2. The molecule has 1 N–H and O–H groups in total. The van der Waals surface area contributed by atoms with E-state index in [9.17, 15) is 4.79 Å². The van der Waals surface area contributed by atoms with E-state index in [1.54, 1.807) is 6.92 Å². The molecule has 0 heterocycles. The highest BCUT2D eigenvalue weighted by molar-refractivity contribution is 5.90. The summed E-state index contributed by atoms with van der Waals surface area (Å²) in [6.45, 7) is 8.26. The van der Waals surface area contributed by atoms with Gasteiger partial charge in [0.2, 0.25) is 0 Å². The van der Waals surface area contributed by atoms with E-state index in [4.69, 9.17) is 5.11 Å². The molecule has 0 aromatic heterocycles. The fraction of sp³-hybridized carbons (Fsp3) is 0.214. The normalized spacial score (nSPS) is 8.65. The Bertz CT molecular complexity index is 378. The molecule has 3 nitrogen and oxygen atoms in total. The molecule has 1 aromatic carbocycles. The molecule has 17 heavy (non-hydrogen) atoms. The van der Waals surface area contributed by atoms with E-state index in [-0.39, 0.29) is 5.57 Å². The number of carboxylic acid groups (broad SMARTS) is 1. The van der Waals surface area contributed by atoms with Crippen LogP contribution in [0.3, 0.4) is 0 Å². The Kier molecular flexibility index (Phi) is 6.41. The summed E-state index contributed by atoms with van der Waals surface area (Å²) < 4.78 is 0. The second-order valence-electron chi connectivity index (χ2n) is 3.79. The molecule has 0 aliphatic rings. The van der Waals surface area contributed by atoms with Crippen LogP contribution in [0.4, 0.5) is 5.69 Å². The Morgan fingerprint density at radius 3 is 1.82 bits per heavy atom. The van der Waals surface area contributed by atoms with Crippen molar-refractivity contribution in [3.05, 3.63) is 54.6 Å². The van der Waals surface area contributed by atoms with Crippen molar-refractivity contribution in [3.63, 3.8) is 0 Å². The largest absolute Gasteiger partial charge is 0.478 e. The van der Waals surface area contributed by atoms with Crippen LogP contribution >= 0.6 is 0 Å². The molecular formula is C14H19NO2. The van der Waals surface area contributed by atoms with E-state index in [1.807, 2.05) is 32.3 Å². The van der Waals surface area contributed by atoms with Gasteiger partial charge in [-0.25, -0.2) is 4.79 Å². The van der Waals surface area contributed by atoms with E-state index < -0.39 is 5.97 Å². The van der Waals surface area contributed by atoms with Crippen molar-refractivity contribution in [2.45, 2.75) is 6.92 Å². The zero-order valence-corrected chi connectivity index (χ0v) is 10.6. The minimum Gasteiger partial charge on any atom is -0.478 e. The molecule has 0 aliphatic heterocycles. The van der Waals surface area contributed by atoms with Gasteiger partial charge in [-0.15, -0.1) is 0 Å². The van der Waals surface area contributed by atoms with E-state index in [0.29, 0.717) is 5.57 Å². The SMILES string of the molecule is C=C(C)C(=C)C(=O)O.CN(C)c1ccccc1. The molecule has 0 fully saturated rings. The van der Waals surface area contributed by atoms with Gasteiger partial charge in [0, 0.05) is 19.8 Å². The lowest BCUT2D eigenvalue weighted by atomic mass is 10.2. The monoisotopic (exact) mass is 233 g/mol. The van der Waals surface area contributed by atoms with Crippen LogP contribution in [0.25, 0.3) is 0 Å². The molecule has 0 aliphatic carbocycles. The van der Waals surface area contributed by atoms with Crippen molar-refractivity contribution >= 4 is 11.7 Å². The summed E-state index contributed by atoms with van der Waals surface area (Å²) in [5.41, 5.74) is 1.82. The van der Waals surface area contributed by atoms with Crippen LogP contribution in [0, 0.1) is 0 Å². The number of anilines is 1. The summed E-state index contributed by atoms with van der Waals surface area (Å²) in [7, 11) is 4.07. The highest BCUT2D eigenvalue weighted by Crippen LogP contribution is 2.07. The lowest BCUT2D eigenvalue weighted by molar-refractivity contribution is -0.132. The fourth-order valence-electron chi connectivity index (χ4n) is 0.909. The van der Waals surface area contributed by atoms with Crippen molar-refractivity contribution in [2.75, 3.05) is 19.0 Å². The van der Waals surface area contributed by atoms with Crippen LogP contribution in [-0.2, 0) is 4.79 Å². The second-order valence-corrected chi connectivity index (χ2v) is 3.79. The first kappa shape index (κ1) is 15.0. The van der Waals surface area contributed by atoms with Gasteiger partial charge in [-0.2, -0.15) is 0 Å². The molecule has 0 atom stereocenters. The molecular weight excluding hydrogens is 214 g/mol. The van der Waals surface area contributed by atoms with Gasteiger partial charge in [0.15, 0.2) is 0 Å². The van der Waals surface area contributed by atoms with Crippen LogP contribution in [0.2, 0.25) is 0 Å². The highest BCUT2D eigenvalue weighted by Gasteiger charge is 2.01.